The summed E-state index contributed by atoms with van der Waals surface area (Å²) < 4.78 is 42.3. The number of esters is 1. The van der Waals surface area contributed by atoms with Gasteiger partial charge in [0.25, 0.3) is 0 Å². The summed E-state index contributed by atoms with van der Waals surface area (Å²) in [4.78, 5) is 22.6. The van der Waals surface area contributed by atoms with Crippen LogP contribution >= 0.6 is 0 Å². The third-order valence-corrected chi connectivity index (χ3v) is 2.37. The Hall–Kier alpha value is -2.51. The molecule has 0 fully saturated rings. The third-order valence-electron chi connectivity index (χ3n) is 2.37. The first-order valence-corrected chi connectivity index (χ1v) is 5.37. The molecule has 0 aliphatic heterocycles. The molecule has 5 nitrogen and oxygen atoms in total. The van der Waals surface area contributed by atoms with Crippen molar-refractivity contribution in [3.8, 4) is 11.4 Å². The molecule has 2 rings (SSSR count). The molecule has 0 spiro atoms. The predicted octanol–water partition coefficient (Wildman–Crippen LogP) is 2.34. The maximum atomic E-state index is 12.6. The average molecular weight is 283 g/mol. The number of hydrogen-bond acceptors (Lipinski definition) is 5. The van der Waals surface area contributed by atoms with Crippen molar-refractivity contribution < 1.29 is 22.7 Å². The van der Waals surface area contributed by atoms with Crippen molar-refractivity contribution in [3.05, 3.63) is 42.0 Å². The van der Waals surface area contributed by atoms with E-state index in [1.54, 1.807) is 6.07 Å². The van der Waals surface area contributed by atoms with Gasteiger partial charge in [-0.05, 0) is 18.2 Å². The van der Waals surface area contributed by atoms with E-state index < -0.39 is 23.5 Å². The number of methoxy groups -OCH3 is 1. The van der Waals surface area contributed by atoms with Crippen molar-refractivity contribution >= 4 is 5.97 Å². The maximum Gasteiger partial charge on any atom is 0.433 e. The molecular weight excluding hydrogens is 275 g/mol. The van der Waals surface area contributed by atoms with E-state index in [1.807, 2.05) is 0 Å². The highest BCUT2D eigenvalue weighted by Gasteiger charge is 2.34. The van der Waals surface area contributed by atoms with E-state index in [1.165, 1.54) is 12.4 Å². The molecule has 0 aliphatic rings. The van der Waals surface area contributed by atoms with Crippen molar-refractivity contribution in [2.75, 3.05) is 7.11 Å². The van der Waals surface area contributed by atoms with E-state index in [0.29, 0.717) is 0 Å². The fourth-order valence-electron chi connectivity index (χ4n) is 1.49. The van der Waals surface area contributed by atoms with Crippen molar-refractivity contribution in [2.45, 2.75) is 6.18 Å². The number of ether oxygens (including phenoxy) is 1. The third kappa shape index (κ3) is 2.73. The Morgan fingerprint density at radius 2 is 1.85 bits per heavy atom. The van der Waals surface area contributed by atoms with Crippen LogP contribution in [0, 0.1) is 0 Å². The Kier molecular flexibility index (Phi) is 3.64. The van der Waals surface area contributed by atoms with E-state index in [9.17, 15) is 18.0 Å². The van der Waals surface area contributed by atoms with Gasteiger partial charge in [0.1, 0.15) is 5.69 Å². The summed E-state index contributed by atoms with van der Waals surface area (Å²) in [6, 6.07) is 3.40. The fraction of sp³-hybridized carbons (Fsp3) is 0.167. The Bertz CT molecular complexity index is 630. The summed E-state index contributed by atoms with van der Waals surface area (Å²) in [6.07, 6.45) is -1.85. The number of hydrogen-bond donors (Lipinski definition) is 0. The molecule has 0 aromatic carbocycles. The largest absolute Gasteiger partial charge is 0.464 e. The summed E-state index contributed by atoms with van der Waals surface area (Å²) in [6.45, 7) is 0. The number of pyridine rings is 1. The molecule has 0 saturated heterocycles. The van der Waals surface area contributed by atoms with Gasteiger partial charge in [0, 0.05) is 12.4 Å². The van der Waals surface area contributed by atoms with Gasteiger partial charge in [-0.2, -0.15) is 13.2 Å². The summed E-state index contributed by atoms with van der Waals surface area (Å²) in [5.41, 5.74) is -1.59. The number of aromatic nitrogens is 3. The summed E-state index contributed by atoms with van der Waals surface area (Å²) in [7, 11) is 1.06. The molecule has 0 N–H and O–H groups in total. The molecule has 0 radical (unpaired) electrons. The summed E-state index contributed by atoms with van der Waals surface area (Å²) in [5.74, 6) is -0.896. The Labute approximate surface area is 111 Å². The van der Waals surface area contributed by atoms with Gasteiger partial charge in [0.15, 0.2) is 11.5 Å². The molecule has 2 aromatic rings. The molecule has 0 saturated carbocycles. The highest BCUT2D eigenvalue weighted by atomic mass is 19.4. The van der Waals surface area contributed by atoms with Crippen molar-refractivity contribution in [1.29, 1.82) is 0 Å². The molecule has 20 heavy (non-hydrogen) atoms. The minimum Gasteiger partial charge on any atom is -0.464 e. The normalized spacial score (nSPS) is 11.2. The molecule has 0 aliphatic carbocycles. The van der Waals surface area contributed by atoms with Crippen LogP contribution in [-0.4, -0.2) is 28.0 Å². The number of alkyl halides is 3. The Balaban J connectivity index is 2.61. The first-order chi connectivity index (χ1) is 9.43. The predicted molar refractivity (Wildman–Crippen MR) is 61.6 cm³/mol. The quantitative estimate of drug-likeness (QED) is 0.791. The lowest BCUT2D eigenvalue weighted by atomic mass is 10.1. The SMILES string of the molecule is COC(=O)c1nc(C(F)(F)F)ccc1-c1ncccn1. The van der Waals surface area contributed by atoms with Crippen LogP contribution in [0.15, 0.2) is 30.6 Å². The van der Waals surface area contributed by atoms with Crippen LogP contribution in [-0.2, 0) is 10.9 Å². The Morgan fingerprint density at radius 1 is 1.20 bits per heavy atom. The standard InChI is InChI=1S/C12H8F3N3O2/c1-20-11(19)9-7(10-16-5-2-6-17-10)3-4-8(18-9)12(13,14)15/h2-6H,1H3. The van der Waals surface area contributed by atoms with E-state index >= 15 is 0 Å². The second-order valence-corrected chi connectivity index (χ2v) is 3.65. The monoisotopic (exact) mass is 283 g/mol. The molecule has 8 heteroatoms. The zero-order valence-corrected chi connectivity index (χ0v) is 10.2. The highest BCUT2D eigenvalue weighted by Crippen LogP contribution is 2.30. The van der Waals surface area contributed by atoms with Crippen LogP contribution in [0.2, 0.25) is 0 Å². The van der Waals surface area contributed by atoms with E-state index in [2.05, 4.69) is 19.7 Å². The molecular formula is C12H8F3N3O2. The topological polar surface area (TPSA) is 65.0 Å². The molecule has 0 amide bonds. The number of carbonyl (C=O) groups excluding carboxylic acids is 1. The summed E-state index contributed by atoms with van der Waals surface area (Å²) >= 11 is 0. The maximum absolute atomic E-state index is 12.6. The minimum absolute atomic E-state index is 0.0745. The van der Waals surface area contributed by atoms with Gasteiger partial charge in [-0.3, -0.25) is 0 Å². The van der Waals surface area contributed by atoms with Gasteiger partial charge < -0.3 is 4.74 Å². The first-order valence-electron chi connectivity index (χ1n) is 5.37. The van der Waals surface area contributed by atoms with Crippen LogP contribution < -0.4 is 0 Å². The molecule has 2 aromatic heterocycles. The van der Waals surface area contributed by atoms with E-state index in [0.717, 1.165) is 19.2 Å². The summed E-state index contributed by atoms with van der Waals surface area (Å²) in [5, 5.41) is 0. The molecule has 0 unspecified atom stereocenters. The first kappa shape index (κ1) is 13.9. The number of halogens is 3. The smallest absolute Gasteiger partial charge is 0.433 e. The molecule has 104 valence electrons. The van der Waals surface area contributed by atoms with E-state index in [-0.39, 0.29) is 11.4 Å². The molecule has 0 bridgehead atoms. The van der Waals surface area contributed by atoms with Gasteiger partial charge in [-0.1, -0.05) is 0 Å². The minimum atomic E-state index is -4.65. The zero-order chi connectivity index (χ0) is 14.8. The second-order valence-electron chi connectivity index (χ2n) is 3.65. The van der Waals surface area contributed by atoms with Crippen molar-refractivity contribution in [3.63, 3.8) is 0 Å². The van der Waals surface area contributed by atoms with Gasteiger partial charge >= 0.3 is 12.1 Å². The van der Waals surface area contributed by atoms with Crippen molar-refractivity contribution in [1.82, 2.24) is 15.0 Å². The zero-order valence-electron chi connectivity index (χ0n) is 10.2. The van der Waals surface area contributed by atoms with Crippen LogP contribution in [0.1, 0.15) is 16.2 Å². The average Bonchev–Trinajstić information content (AvgIpc) is 2.45. The lowest BCUT2D eigenvalue weighted by molar-refractivity contribution is -0.141. The van der Waals surface area contributed by atoms with Crippen molar-refractivity contribution in [2.24, 2.45) is 0 Å². The lowest BCUT2D eigenvalue weighted by Gasteiger charge is -2.10. The van der Waals surface area contributed by atoms with Gasteiger partial charge in [0.2, 0.25) is 0 Å². The van der Waals surface area contributed by atoms with Gasteiger partial charge in [-0.25, -0.2) is 19.7 Å². The van der Waals surface area contributed by atoms with E-state index in [4.69, 9.17) is 0 Å². The number of nitrogens with zero attached hydrogens (tertiary/aromatic N) is 3. The fourth-order valence-corrected chi connectivity index (χ4v) is 1.49. The van der Waals surface area contributed by atoms with Gasteiger partial charge in [-0.15, -0.1) is 0 Å². The lowest BCUT2D eigenvalue weighted by Crippen LogP contribution is -2.14. The van der Waals surface area contributed by atoms with Crippen LogP contribution in [0.25, 0.3) is 11.4 Å². The number of rotatable bonds is 2. The van der Waals surface area contributed by atoms with Crippen LogP contribution in [0.4, 0.5) is 13.2 Å². The molecule has 2 heterocycles. The Morgan fingerprint density at radius 3 is 2.40 bits per heavy atom. The highest BCUT2D eigenvalue weighted by molar-refractivity contribution is 5.94. The number of carbonyl (C=O) groups is 1. The van der Waals surface area contributed by atoms with Gasteiger partial charge in [0.05, 0.1) is 12.7 Å². The van der Waals surface area contributed by atoms with Crippen LogP contribution in [0.5, 0.6) is 0 Å². The molecule has 0 atom stereocenters. The second kappa shape index (κ2) is 5.24. The van der Waals surface area contributed by atoms with Crippen LogP contribution in [0.3, 0.4) is 0 Å².